The molecule has 0 radical (unpaired) electrons. The lowest BCUT2D eigenvalue weighted by Crippen LogP contribution is -2.29. The Morgan fingerprint density at radius 1 is 1.19 bits per heavy atom. The Morgan fingerprint density at radius 3 is 2.43 bits per heavy atom. The summed E-state index contributed by atoms with van der Waals surface area (Å²) in [5.74, 6) is -0.490. The van der Waals surface area contributed by atoms with Crippen LogP contribution in [0.25, 0.3) is 0 Å². The van der Waals surface area contributed by atoms with E-state index in [9.17, 15) is 14.7 Å². The lowest BCUT2D eigenvalue weighted by molar-refractivity contribution is 0.0722. The van der Waals surface area contributed by atoms with Gasteiger partial charge in [0, 0.05) is 16.5 Å². The van der Waals surface area contributed by atoms with Crippen molar-refractivity contribution < 1.29 is 24.2 Å². The summed E-state index contributed by atoms with van der Waals surface area (Å²) in [6, 6.07) is 2.67. The van der Waals surface area contributed by atoms with Crippen LogP contribution >= 0.6 is 0 Å². The number of fused-ring (bicyclic) bond motifs is 1. The van der Waals surface area contributed by atoms with Crippen LogP contribution in [0.5, 0.6) is 11.5 Å². The number of rotatable bonds is 1. The van der Waals surface area contributed by atoms with E-state index in [1.54, 1.807) is 0 Å². The van der Waals surface area contributed by atoms with Crippen LogP contribution in [0.1, 0.15) is 41.5 Å². The molecule has 1 heterocycles. The van der Waals surface area contributed by atoms with E-state index in [0.29, 0.717) is 5.57 Å². The van der Waals surface area contributed by atoms with E-state index < -0.39 is 5.41 Å². The Labute approximate surface area is 122 Å². The van der Waals surface area contributed by atoms with Gasteiger partial charge >= 0.3 is 0 Å². The molecule has 0 fully saturated rings. The minimum absolute atomic E-state index is 0.123. The number of hydrogen-bond acceptors (Lipinski definition) is 5. The van der Waals surface area contributed by atoms with Crippen molar-refractivity contribution in [2.45, 2.75) is 26.9 Å². The first-order chi connectivity index (χ1) is 9.78. The topological polar surface area (TPSA) is 72.8 Å². The normalized spacial score (nSPS) is 22.8. The molecule has 1 atom stereocenters. The predicted octanol–water partition coefficient (Wildman–Crippen LogP) is 2.48. The minimum atomic E-state index is -0.546. The second kappa shape index (κ2) is 4.10. The van der Waals surface area contributed by atoms with Crippen molar-refractivity contribution in [3.05, 3.63) is 34.6 Å². The fourth-order valence-electron chi connectivity index (χ4n) is 2.81. The average molecular weight is 288 g/mol. The van der Waals surface area contributed by atoms with Gasteiger partial charge in [0.1, 0.15) is 6.10 Å². The first-order valence-electron chi connectivity index (χ1n) is 6.70. The Kier molecular flexibility index (Phi) is 2.67. The summed E-state index contributed by atoms with van der Waals surface area (Å²) in [6.07, 6.45) is -0.264. The monoisotopic (exact) mass is 288 g/mol. The lowest BCUT2D eigenvalue weighted by atomic mass is 9.74. The lowest BCUT2D eigenvalue weighted by Gasteiger charge is -2.25. The van der Waals surface area contributed by atoms with Crippen LogP contribution in [-0.2, 0) is 4.74 Å². The van der Waals surface area contributed by atoms with Crippen molar-refractivity contribution in [1.29, 1.82) is 0 Å². The molecule has 1 aromatic rings. The van der Waals surface area contributed by atoms with E-state index >= 15 is 0 Å². The molecule has 3 rings (SSSR count). The summed E-state index contributed by atoms with van der Waals surface area (Å²) >= 11 is 0. The van der Waals surface area contributed by atoms with Crippen LogP contribution in [0.4, 0.5) is 0 Å². The number of phenolic OH excluding ortho intramolecular Hbond substituents is 1. The third-order valence-corrected chi connectivity index (χ3v) is 4.42. The number of ketones is 2. The maximum atomic E-state index is 12.7. The molecule has 0 spiro atoms. The molecular formula is C16H16O5. The molecule has 1 unspecified atom stereocenters. The Balaban J connectivity index is 2.24. The van der Waals surface area contributed by atoms with E-state index in [1.165, 1.54) is 19.2 Å². The van der Waals surface area contributed by atoms with Crippen LogP contribution in [0.3, 0.4) is 0 Å². The van der Waals surface area contributed by atoms with Gasteiger partial charge < -0.3 is 14.6 Å². The third-order valence-electron chi connectivity index (χ3n) is 4.42. The van der Waals surface area contributed by atoms with Crippen molar-refractivity contribution in [3.63, 3.8) is 0 Å². The number of Topliss-reactive ketones (excluding diaryl/α,β-unsaturated/α-hetero) is 2. The Morgan fingerprint density at radius 2 is 1.81 bits per heavy atom. The summed E-state index contributed by atoms with van der Waals surface area (Å²) in [7, 11) is 1.39. The minimum Gasteiger partial charge on any atom is -0.504 e. The van der Waals surface area contributed by atoms with E-state index in [-0.39, 0.29) is 46.1 Å². The van der Waals surface area contributed by atoms with Crippen molar-refractivity contribution in [2.75, 3.05) is 7.11 Å². The Hall–Kier alpha value is -2.30. The molecule has 0 amide bonds. The molecule has 5 heteroatoms. The van der Waals surface area contributed by atoms with Gasteiger partial charge in [0.2, 0.25) is 5.78 Å². The van der Waals surface area contributed by atoms with Crippen LogP contribution in [0, 0.1) is 5.41 Å². The van der Waals surface area contributed by atoms with Crippen LogP contribution in [-0.4, -0.2) is 29.9 Å². The third kappa shape index (κ3) is 1.63. The molecule has 2 aliphatic rings. The highest BCUT2D eigenvalue weighted by molar-refractivity contribution is 6.27. The SMILES string of the molecule is COc1cc2c(cc1O)C(=O)C1=C(OC(C)C1(C)C)C2=O. The number of carbonyl (C=O) groups is 2. The van der Waals surface area contributed by atoms with E-state index in [0.717, 1.165) is 0 Å². The predicted molar refractivity (Wildman–Crippen MR) is 74.7 cm³/mol. The largest absolute Gasteiger partial charge is 0.504 e. The number of ether oxygens (including phenoxy) is 2. The van der Waals surface area contributed by atoms with Crippen molar-refractivity contribution in [1.82, 2.24) is 0 Å². The molecule has 1 aliphatic carbocycles. The highest BCUT2D eigenvalue weighted by atomic mass is 16.5. The summed E-state index contributed by atoms with van der Waals surface area (Å²) < 4.78 is 10.6. The second-order valence-corrected chi connectivity index (χ2v) is 5.91. The number of carbonyl (C=O) groups excluding carboxylic acids is 2. The van der Waals surface area contributed by atoms with Crippen molar-refractivity contribution in [2.24, 2.45) is 5.41 Å². The molecular weight excluding hydrogens is 272 g/mol. The smallest absolute Gasteiger partial charge is 0.228 e. The quantitative estimate of drug-likeness (QED) is 0.859. The van der Waals surface area contributed by atoms with Crippen LogP contribution < -0.4 is 4.74 Å². The molecule has 1 aliphatic heterocycles. The fourth-order valence-corrected chi connectivity index (χ4v) is 2.81. The fraction of sp³-hybridized carbons (Fsp3) is 0.375. The van der Waals surface area contributed by atoms with Gasteiger partial charge in [-0.15, -0.1) is 0 Å². The molecule has 1 aromatic carbocycles. The summed E-state index contributed by atoms with van der Waals surface area (Å²) in [5.41, 5.74) is 0.244. The van der Waals surface area contributed by atoms with Gasteiger partial charge in [0.05, 0.1) is 12.7 Å². The van der Waals surface area contributed by atoms with Gasteiger partial charge in [-0.1, -0.05) is 13.8 Å². The van der Waals surface area contributed by atoms with Gasteiger partial charge in [-0.3, -0.25) is 9.59 Å². The number of hydrogen-bond donors (Lipinski definition) is 1. The van der Waals surface area contributed by atoms with E-state index in [4.69, 9.17) is 9.47 Å². The van der Waals surface area contributed by atoms with Crippen molar-refractivity contribution >= 4 is 11.6 Å². The standard InChI is InChI=1S/C16H16O5/c1-7-16(2,3)12-13(18)8-5-10(17)11(20-4)6-9(8)14(19)15(12)21-7/h5-7,17H,1-4H3. The van der Waals surface area contributed by atoms with Crippen molar-refractivity contribution in [3.8, 4) is 11.5 Å². The van der Waals surface area contributed by atoms with Gasteiger partial charge in [-0.25, -0.2) is 0 Å². The molecule has 110 valence electrons. The van der Waals surface area contributed by atoms with Crippen LogP contribution in [0.15, 0.2) is 23.5 Å². The molecule has 21 heavy (non-hydrogen) atoms. The zero-order valence-corrected chi connectivity index (χ0v) is 12.3. The number of phenols is 1. The second-order valence-electron chi connectivity index (χ2n) is 5.91. The number of allylic oxidation sites excluding steroid dienone is 1. The van der Waals surface area contributed by atoms with Gasteiger partial charge in [-0.2, -0.15) is 0 Å². The van der Waals surface area contributed by atoms with E-state index in [1.807, 2.05) is 20.8 Å². The molecule has 0 saturated carbocycles. The highest BCUT2D eigenvalue weighted by Crippen LogP contribution is 2.48. The molecule has 5 nitrogen and oxygen atoms in total. The molecule has 0 aromatic heterocycles. The molecule has 0 saturated heterocycles. The molecule has 1 N–H and O–H groups in total. The summed E-state index contributed by atoms with van der Waals surface area (Å²) in [6.45, 7) is 5.58. The summed E-state index contributed by atoms with van der Waals surface area (Å²) in [5, 5.41) is 9.86. The van der Waals surface area contributed by atoms with Crippen LogP contribution in [0.2, 0.25) is 0 Å². The number of aromatic hydroxyl groups is 1. The number of benzene rings is 1. The maximum Gasteiger partial charge on any atom is 0.228 e. The Bertz CT molecular complexity index is 712. The van der Waals surface area contributed by atoms with E-state index in [2.05, 4.69) is 0 Å². The zero-order chi connectivity index (χ0) is 15.5. The average Bonchev–Trinajstić information content (AvgIpc) is 2.67. The number of methoxy groups -OCH3 is 1. The maximum absolute atomic E-state index is 12.7. The first-order valence-corrected chi connectivity index (χ1v) is 6.70. The zero-order valence-electron chi connectivity index (χ0n) is 12.3. The van der Waals surface area contributed by atoms with Gasteiger partial charge in [-0.05, 0) is 19.1 Å². The summed E-state index contributed by atoms with van der Waals surface area (Å²) in [4.78, 5) is 25.3. The molecule has 0 bridgehead atoms. The van der Waals surface area contributed by atoms with Gasteiger partial charge in [0.25, 0.3) is 0 Å². The highest BCUT2D eigenvalue weighted by Gasteiger charge is 2.50. The first kappa shape index (κ1) is 13.7. The van der Waals surface area contributed by atoms with Gasteiger partial charge in [0.15, 0.2) is 23.0 Å².